The molecule has 2 saturated carbocycles. The number of alkyl halides is 2. The minimum Gasteiger partial charge on any atom is -0.333 e. The van der Waals surface area contributed by atoms with Gasteiger partial charge in [0.1, 0.15) is 24.3 Å². The van der Waals surface area contributed by atoms with E-state index >= 15 is 0 Å². The maximum Gasteiger partial charge on any atom is 0.321 e. The Morgan fingerprint density at radius 3 is 2.65 bits per heavy atom. The van der Waals surface area contributed by atoms with Crippen molar-refractivity contribution in [3.8, 4) is 0 Å². The van der Waals surface area contributed by atoms with Crippen LogP contribution in [0.2, 0.25) is 0 Å². The summed E-state index contributed by atoms with van der Waals surface area (Å²) in [5.74, 6) is 0. The summed E-state index contributed by atoms with van der Waals surface area (Å²) in [4.78, 5) is 13.7. The van der Waals surface area contributed by atoms with Gasteiger partial charge in [0.2, 0.25) is 16.4 Å². The second-order valence-corrected chi connectivity index (χ2v) is 9.44. The molecule has 4 fully saturated rings. The molecule has 2 saturated heterocycles. The second kappa shape index (κ2) is 6.23. The lowest BCUT2D eigenvalue weighted by molar-refractivity contribution is -0.0510. The van der Waals surface area contributed by atoms with Crippen molar-refractivity contribution < 1.29 is 26.7 Å². The minimum absolute atomic E-state index is 0.0851. The molecule has 6 unspecified atom stereocenters. The molecule has 0 spiro atoms. The number of sulfonamides is 1. The Morgan fingerprint density at radius 2 is 2.08 bits per heavy atom. The maximum absolute atomic E-state index is 14.6. The summed E-state index contributed by atoms with van der Waals surface area (Å²) < 4.78 is 60.9. The molecule has 0 bridgehead atoms. The fourth-order valence-electron chi connectivity index (χ4n) is 3.93. The predicted molar refractivity (Wildman–Crippen MR) is 86.5 cm³/mol. The third-order valence-corrected chi connectivity index (χ3v) is 7.59. The molecule has 0 radical (unpaired) electrons. The van der Waals surface area contributed by atoms with Crippen LogP contribution in [0.15, 0.2) is 0 Å². The fourth-order valence-corrected chi connectivity index (χ4v) is 5.89. The first-order valence-electron chi connectivity index (χ1n) is 8.73. The number of urea groups is 1. The number of hydrogen-bond acceptors (Lipinski definition) is 6. The Labute approximate surface area is 150 Å². The van der Waals surface area contributed by atoms with Crippen molar-refractivity contribution >= 4 is 16.1 Å². The highest BCUT2D eigenvalue weighted by Gasteiger charge is 2.55. The molecule has 2 aliphatic heterocycles. The first-order valence-corrected chi connectivity index (χ1v) is 10.3. The van der Waals surface area contributed by atoms with Crippen molar-refractivity contribution in [3.05, 3.63) is 0 Å². The van der Waals surface area contributed by atoms with E-state index in [0.717, 1.165) is 0 Å². The summed E-state index contributed by atoms with van der Waals surface area (Å²) in [7, 11) is -4.06. The molecule has 12 heteroatoms. The van der Waals surface area contributed by atoms with E-state index in [1.54, 1.807) is 6.92 Å². The lowest BCUT2D eigenvalue weighted by Gasteiger charge is -2.38. The number of ether oxygens (including phenoxy) is 1. The lowest BCUT2D eigenvalue weighted by atomic mass is 9.89. The van der Waals surface area contributed by atoms with E-state index in [0.29, 0.717) is 12.8 Å². The van der Waals surface area contributed by atoms with Crippen LogP contribution in [0, 0.1) is 0 Å². The Kier molecular flexibility index (Phi) is 4.38. The van der Waals surface area contributed by atoms with Crippen LogP contribution in [-0.2, 0) is 14.8 Å². The monoisotopic (exact) mass is 395 g/mol. The van der Waals surface area contributed by atoms with E-state index in [1.807, 2.05) is 0 Å². The predicted octanol–water partition coefficient (Wildman–Crippen LogP) is -0.575. The standard InChI is InChI=1S/C14H23F2N5O4S/c1-7-18-19-13(25-7)21-10-5-11(8(16)4-9(10)17-12(21)22)26(23,24)20-14(6-15)2-3-14/h7-11,13,18-20H,2-6H2,1H3,(H,17,22). The van der Waals surface area contributed by atoms with Gasteiger partial charge in [0.25, 0.3) is 0 Å². The van der Waals surface area contributed by atoms with Crippen LogP contribution in [-0.4, -0.2) is 67.6 Å². The number of carbonyl (C=O) groups excluding carboxylic acids is 1. The van der Waals surface area contributed by atoms with E-state index in [1.165, 1.54) is 4.90 Å². The zero-order chi connectivity index (χ0) is 18.7. The molecule has 4 N–H and O–H groups in total. The summed E-state index contributed by atoms with van der Waals surface area (Å²) in [5.41, 5.74) is 4.56. The van der Waals surface area contributed by atoms with Crippen LogP contribution < -0.4 is 20.9 Å². The molecular weight excluding hydrogens is 372 g/mol. The van der Waals surface area contributed by atoms with Gasteiger partial charge in [0.05, 0.1) is 17.6 Å². The van der Waals surface area contributed by atoms with Gasteiger partial charge in [0.15, 0.2) is 0 Å². The number of carbonyl (C=O) groups is 1. The second-order valence-electron chi connectivity index (χ2n) is 7.54. The highest BCUT2D eigenvalue weighted by Crippen LogP contribution is 2.39. The Morgan fingerprint density at radius 1 is 1.35 bits per heavy atom. The normalized spacial score (nSPS) is 41.8. The largest absolute Gasteiger partial charge is 0.333 e. The number of hydrogen-bond donors (Lipinski definition) is 4. The molecule has 4 aliphatic rings. The molecule has 2 aliphatic carbocycles. The van der Waals surface area contributed by atoms with E-state index < -0.39 is 58.1 Å². The quantitative estimate of drug-likeness (QED) is 0.496. The highest BCUT2D eigenvalue weighted by molar-refractivity contribution is 7.90. The van der Waals surface area contributed by atoms with Crippen molar-refractivity contribution in [2.24, 2.45) is 0 Å². The van der Waals surface area contributed by atoms with Gasteiger partial charge in [-0.3, -0.25) is 4.90 Å². The zero-order valence-corrected chi connectivity index (χ0v) is 15.1. The van der Waals surface area contributed by atoms with Crippen molar-refractivity contribution in [2.45, 2.75) is 74.2 Å². The van der Waals surface area contributed by atoms with Gasteiger partial charge in [-0.15, -0.1) is 0 Å². The molecule has 4 rings (SSSR count). The van der Waals surface area contributed by atoms with Crippen molar-refractivity contribution in [1.82, 2.24) is 25.8 Å². The first kappa shape index (κ1) is 18.3. The topological polar surface area (TPSA) is 112 Å². The molecule has 0 aromatic heterocycles. The van der Waals surface area contributed by atoms with Crippen molar-refractivity contribution in [2.75, 3.05) is 6.67 Å². The van der Waals surface area contributed by atoms with Gasteiger partial charge in [-0.1, -0.05) is 0 Å². The summed E-state index contributed by atoms with van der Waals surface area (Å²) in [5, 5.41) is 1.36. The van der Waals surface area contributed by atoms with Crippen LogP contribution >= 0.6 is 0 Å². The highest BCUT2D eigenvalue weighted by atomic mass is 32.2. The number of hydrazine groups is 1. The molecular formula is C14H23F2N5O4S. The van der Waals surface area contributed by atoms with Gasteiger partial charge in [0, 0.05) is 6.42 Å². The minimum atomic E-state index is -4.06. The number of rotatable bonds is 5. The number of nitrogens with one attached hydrogen (secondary N) is 4. The van der Waals surface area contributed by atoms with Crippen LogP contribution in [0.25, 0.3) is 0 Å². The van der Waals surface area contributed by atoms with Crippen LogP contribution in [0.1, 0.15) is 32.6 Å². The fraction of sp³-hybridized carbons (Fsp3) is 0.929. The van der Waals surface area contributed by atoms with E-state index in [-0.39, 0.29) is 19.1 Å². The first-order chi connectivity index (χ1) is 12.2. The van der Waals surface area contributed by atoms with Gasteiger partial charge >= 0.3 is 6.03 Å². The number of halogens is 2. The van der Waals surface area contributed by atoms with Gasteiger partial charge in [-0.25, -0.2) is 37.6 Å². The molecule has 0 aromatic rings. The van der Waals surface area contributed by atoms with E-state index in [2.05, 4.69) is 20.9 Å². The number of amides is 2. The third kappa shape index (κ3) is 3.07. The van der Waals surface area contributed by atoms with E-state index in [9.17, 15) is 22.0 Å². The SMILES string of the molecule is CC1NNC(N2C(=O)NC3CC(F)C(S(=O)(=O)NC4(CF)CC4)CC32)O1. The third-order valence-electron chi connectivity index (χ3n) is 5.58. The average Bonchev–Trinajstić information content (AvgIpc) is 3.07. The number of fused-ring (bicyclic) bond motifs is 1. The molecule has 148 valence electrons. The zero-order valence-electron chi connectivity index (χ0n) is 14.2. The Balaban J connectivity index is 1.53. The summed E-state index contributed by atoms with van der Waals surface area (Å²) in [6, 6.07) is -1.48. The summed E-state index contributed by atoms with van der Waals surface area (Å²) in [6.45, 7) is 0.942. The van der Waals surface area contributed by atoms with E-state index in [4.69, 9.17) is 4.74 Å². The smallest absolute Gasteiger partial charge is 0.321 e. The molecule has 0 aromatic carbocycles. The van der Waals surface area contributed by atoms with Gasteiger partial charge in [-0.05, 0) is 26.2 Å². The van der Waals surface area contributed by atoms with Crippen LogP contribution in [0.4, 0.5) is 13.6 Å². The number of nitrogens with zero attached hydrogens (tertiary/aromatic N) is 1. The lowest BCUT2D eigenvalue weighted by Crippen LogP contribution is -2.57. The van der Waals surface area contributed by atoms with Crippen molar-refractivity contribution in [1.29, 1.82) is 0 Å². The molecule has 9 nitrogen and oxygen atoms in total. The van der Waals surface area contributed by atoms with Crippen LogP contribution in [0.5, 0.6) is 0 Å². The van der Waals surface area contributed by atoms with Crippen LogP contribution in [0.3, 0.4) is 0 Å². The Hall–Kier alpha value is -1.08. The maximum atomic E-state index is 14.6. The molecule has 2 amide bonds. The Bertz CT molecular complexity index is 691. The molecule has 6 atom stereocenters. The average molecular weight is 395 g/mol. The summed E-state index contributed by atoms with van der Waals surface area (Å²) in [6.07, 6.45) is -2.12. The molecule has 26 heavy (non-hydrogen) atoms. The van der Waals surface area contributed by atoms with Gasteiger partial charge in [-0.2, -0.15) is 0 Å². The van der Waals surface area contributed by atoms with Gasteiger partial charge < -0.3 is 10.1 Å². The van der Waals surface area contributed by atoms with Crippen molar-refractivity contribution in [3.63, 3.8) is 0 Å². The summed E-state index contributed by atoms with van der Waals surface area (Å²) >= 11 is 0. The molecule has 2 heterocycles.